The van der Waals surface area contributed by atoms with Crippen molar-refractivity contribution >= 4 is 11.8 Å². The van der Waals surface area contributed by atoms with Gasteiger partial charge in [-0.15, -0.1) is 0 Å². The number of hydrogen-bond acceptors (Lipinski definition) is 5. The number of carbonyl (C=O) groups excluding carboxylic acids is 2. The normalized spacial score (nSPS) is 21.6. The van der Waals surface area contributed by atoms with E-state index in [1.807, 2.05) is 43.1 Å². The number of ether oxygens (including phenoxy) is 2. The average Bonchev–Trinajstić information content (AvgIpc) is 3.23. The van der Waals surface area contributed by atoms with E-state index >= 15 is 0 Å². The molecule has 1 aromatic carbocycles. The lowest BCUT2D eigenvalue weighted by Gasteiger charge is -2.44. The Bertz CT molecular complexity index is 1070. The molecule has 1 unspecified atom stereocenters. The number of nitrogens with zero attached hydrogens (tertiary/aromatic N) is 4. The molecule has 1 aromatic heterocycles. The van der Waals surface area contributed by atoms with Crippen molar-refractivity contribution in [2.24, 2.45) is 13.0 Å². The third-order valence-corrected chi connectivity index (χ3v) is 7.17. The van der Waals surface area contributed by atoms with Gasteiger partial charge in [-0.1, -0.05) is 32.0 Å². The molecule has 1 fully saturated rings. The summed E-state index contributed by atoms with van der Waals surface area (Å²) < 4.78 is 14.0. The Labute approximate surface area is 214 Å². The van der Waals surface area contributed by atoms with Gasteiger partial charge in [0.2, 0.25) is 0 Å². The number of benzene rings is 1. The molecule has 36 heavy (non-hydrogen) atoms. The predicted octanol–water partition coefficient (Wildman–Crippen LogP) is 3.48. The van der Waals surface area contributed by atoms with Gasteiger partial charge in [0.1, 0.15) is 18.1 Å². The zero-order valence-electron chi connectivity index (χ0n) is 22.2. The van der Waals surface area contributed by atoms with E-state index in [2.05, 4.69) is 25.0 Å². The number of para-hydroxylation sites is 1. The number of morpholine rings is 1. The number of fused-ring (bicyclic) bond motifs is 1. The highest BCUT2D eigenvalue weighted by atomic mass is 16.5. The van der Waals surface area contributed by atoms with Crippen molar-refractivity contribution in [3.63, 3.8) is 0 Å². The van der Waals surface area contributed by atoms with Gasteiger partial charge >= 0.3 is 0 Å². The van der Waals surface area contributed by atoms with Crippen LogP contribution in [0, 0.1) is 5.92 Å². The van der Waals surface area contributed by atoms with Gasteiger partial charge in [-0.05, 0) is 62.6 Å². The van der Waals surface area contributed by atoms with Gasteiger partial charge in [0.05, 0.1) is 25.4 Å². The third kappa shape index (κ3) is 5.75. The fourth-order valence-electron chi connectivity index (χ4n) is 5.29. The molecule has 2 aromatic rings. The van der Waals surface area contributed by atoms with Gasteiger partial charge in [-0.3, -0.25) is 14.3 Å². The molecular weight excluding hydrogens is 456 g/mol. The molecule has 0 saturated carbocycles. The Morgan fingerprint density at radius 1 is 1.17 bits per heavy atom. The standard InChI is InChI=1S/C28H40N4O4/c1-5-31-14-16-35-25-12-7-6-10-22(25)11-8-9-13-28(27(31)34)20-32(15-17-36-28)26(33)24-19-23(18-21(2)3)29-30(24)4/h6-7,10,12,19,21H,5,8-9,11,13-18,20H2,1-4H3. The Morgan fingerprint density at radius 2 is 1.97 bits per heavy atom. The van der Waals surface area contributed by atoms with E-state index in [1.54, 1.807) is 9.58 Å². The minimum absolute atomic E-state index is 0.0505. The molecule has 0 aliphatic carbocycles. The second-order valence-electron chi connectivity index (χ2n) is 10.4. The SMILES string of the molecule is CCN1CCOc2ccccc2CCCCC2(CN(C(=O)c3cc(CC(C)C)nn3C)CCO2)C1=O. The molecule has 3 heterocycles. The molecule has 8 heteroatoms. The van der Waals surface area contributed by atoms with Crippen LogP contribution in [-0.2, 0) is 29.4 Å². The van der Waals surface area contributed by atoms with E-state index in [0.29, 0.717) is 50.9 Å². The van der Waals surface area contributed by atoms with Crippen LogP contribution in [0.4, 0.5) is 0 Å². The van der Waals surface area contributed by atoms with Gasteiger partial charge in [0.15, 0.2) is 5.60 Å². The summed E-state index contributed by atoms with van der Waals surface area (Å²) in [6.45, 7) is 8.76. The van der Waals surface area contributed by atoms with Crippen LogP contribution in [0.2, 0.25) is 0 Å². The predicted molar refractivity (Wildman–Crippen MR) is 138 cm³/mol. The smallest absolute Gasteiger partial charge is 0.272 e. The fourth-order valence-corrected chi connectivity index (χ4v) is 5.29. The zero-order valence-corrected chi connectivity index (χ0v) is 22.2. The Balaban J connectivity index is 1.55. The van der Waals surface area contributed by atoms with Gasteiger partial charge < -0.3 is 19.3 Å². The highest BCUT2D eigenvalue weighted by molar-refractivity contribution is 5.94. The molecule has 1 spiro atoms. The van der Waals surface area contributed by atoms with E-state index in [0.717, 1.165) is 37.1 Å². The van der Waals surface area contributed by atoms with Crippen molar-refractivity contribution in [2.75, 3.05) is 39.4 Å². The molecule has 2 aliphatic rings. The quantitative estimate of drug-likeness (QED) is 0.648. The Kier molecular flexibility index (Phi) is 8.34. The summed E-state index contributed by atoms with van der Waals surface area (Å²) >= 11 is 0. The van der Waals surface area contributed by atoms with Crippen LogP contribution in [-0.4, -0.2) is 76.4 Å². The molecule has 8 nitrogen and oxygen atoms in total. The Morgan fingerprint density at radius 3 is 2.75 bits per heavy atom. The zero-order chi connectivity index (χ0) is 25.7. The average molecular weight is 497 g/mol. The van der Waals surface area contributed by atoms with E-state index in [-0.39, 0.29) is 18.4 Å². The third-order valence-electron chi connectivity index (χ3n) is 7.17. The summed E-state index contributed by atoms with van der Waals surface area (Å²) in [6.07, 6.45) is 4.03. The number of rotatable bonds is 4. The van der Waals surface area contributed by atoms with E-state index < -0.39 is 5.60 Å². The van der Waals surface area contributed by atoms with Gasteiger partial charge in [-0.2, -0.15) is 5.10 Å². The van der Waals surface area contributed by atoms with E-state index in [4.69, 9.17) is 9.47 Å². The van der Waals surface area contributed by atoms with E-state index in [1.165, 1.54) is 5.56 Å². The number of hydrogen-bond donors (Lipinski definition) is 0. The van der Waals surface area contributed by atoms with Crippen LogP contribution in [0.5, 0.6) is 5.75 Å². The summed E-state index contributed by atoms with van der Waals surface area (Å²) in [6, 6.07) is 10.0. The summed E-state index contributed by atoms with van der Waals surface area (Å²) in [5, 5.41) is 4.55. The van der Waals surface area contributed by atoms with Crippen LogP contribution in [0.15, 0.2) is 30.3 Å². The lowest BCUT2D eigenvalue weighted by atomic mass is 9.90. The fraction of sp³-hybridized carbons (Fsp3) is 0.607. The number of aryl methyl sites for hydroxylation is 2. The maximum absolute atomic E-state index is 13.9. The minimum atomic E-state index is -1.04. The lowest BCUT2D eigenvalue weighted by Crippen LogP contribution is -2.62. The van der Waals surface area contributed by atoms with Crippen molar-refractivity contribution in [2.45, 2.75) is 58.5 Å². The Hall–Kier alpha value is -2.87. The van der Waals surface area contributed by atoms with Crippen LogP contribution < -0.4 is 4.74 Å². The molecule has 1 atom stereocenters. The summed E-state index contributed by atoms with van der Waals surface area (Å²) in [5.41, 5.74) is 1.62. The van der Waals surface area contributed by atoms with Gasteiger partial charge in [0, 0.05) is 20.1 Å². The maximum atomic E-state index is 13.9. The highest BCUT2D eigenvalue weighted by Crippen LogP contribution is 2.30. The number of aromatic nitrogens is 2. The maximum Gasteiger partial charge on any atom is 0.272 e. The van der Waals surface area contributed by atoms with Crippen LogP contribution >= 0.6 is 0 Å². The van der Waals surface area contributed by atoms with Gasteiger partial charge in [0.25, 0.3) is 11.8 Å². The summed E-state index contributed by atoms with van der Waals surface area (Å²) in [4.78, 5) is 31.1. The second-order valence-corrected chi connectivity index (χ2v) is 10.4. The second kappa shape index (κ2) is 11.5. The number of carbonyl (C=O) groups is 2. The monoisotopic (exact) mass is 496 g/mol. The van der Waals surface area contributed by atoms with Crippen molar-refractivity contribution in [3.8, 4) is 5.75 Å². The molecular formula is C28H40N4O4. The van der Waals surface area contributed by atoms with Crippen LogP contribution in [0.25, 0.3) is 0 Å². The van der Waals surface area contributed by atoms with Crippen LogP contribution in [0.1, 0.15) is 61.8 Å². The lowest BCUT2D eigenvalue weighted by molar-refractivity contribution is -0.170. The van der Waals surface area contributed by atoms with Crippen molar-refractivity contribution in [1.82, 2.24) is 19.6 Å². The molecule has 196 valence electrons. The van der Waals surface area contributed by atoms with Crippen LogP contribution in [0.3, 0.4) is 0 Å². The van der Waals surface area contributed by atoms with Crippen molar-refractivity contribution in [3.05, 3.63) is 47.3 Å². The molecule has 2 amide bonds. The summed E-state index contributed by atoms with van der Waals surface area (Å²) in [7, 11) is 1.81. The first-order valence-corrected chi connectivity index (χ1v) is 13.3. The first-order valence-electron chi connectivity index (χ1n) is 13.3. The molecule has 4 rings (SSSR count). The first kappa shape index (κ1) is 26.2. The minimum Gasteiger partial charge on any atom is -0.491 e. The van der Waals surface area contributed by atoms with Crippen molar-refractivity contribution in [1.29, 1.82) is 0 Å². The largest absolute Gasteiger partial charge is 0.491 e. The summed E-state index contributed by atoms with van der Waals surface area (Å²) in [5.74, 6) is 1.21. The molecule has 1 saturated heterocycles. The topological polar surface area (TPSA) is 76.9 Å². The number of likely N-dealkylation sites (N-methyl/N-ethyl adjacent to an activating group) is 1. The van der Waals surface area contributed by atoms with Crippen molar-refractivity contribution < 1.29 is 19.1 Å². The molecule has 2 aliphatic heterocycles. The van der Waals surface area contributed by atoms with E-state index in [9.17, 15) is 9.59 Å². The number of amides is 2. The van der Waals surface area contributed by atoms with Gasteiger partial charge in [-0.25, -0.2) is 0 Å². The molecule has 0 radical (unpaired) electrons. The molecule has 0 bridgehead atoms. The first-order chi connectivity index (χ1) is 17.3. The highest BCUT2D eigenvalue weighted by Gasteiger charge is 2.46. The molecule has 0 N–H and O–H groups in total.